The van der Waals surface area contributed by atoms with E-state index in [2.05, 4.69) is 5.32 Å². The lowest BCUT2D eigenvalue weighted by molar-refractivity contribution is -0.141. The molecule has 2 N–H and O–H groups in total. The molecule has 0 fully saturated rings. The molecule has 0 aliphatic heterocycles. The summed E-state index contributed by atoms with van der Waals surface area (Å²) in [6.45, 7) is 1.46. The van der Waals surface area contributed by atoms with E-state index in [1.807, 2.05) is 42.5 Å². The number of halogens is 1. The number of rotatable bonds is 7. The molecule has 24 heavy (non-hydrogen) atoms. The topological polar surface area (TPSA) is 66.4 Å². The van der Waals surface area contributed by atoms with Gasteiger partial charge < -0.3 is 10.4 Å². The van der Waals surface area contributed by atoms with E-state index in [0.717, 1.165) is 11.1 Å². The maximum atomic E-state index is 12.5. The molecule has 4 nitrogen and oxygen atoms in total. The van der Waals surface area contributed by atoms with E-state index in [9.17, 15) is 9.59 Å². The molecule has 126 valence electrons. The second-order valence-corrected chi connectivity index (χ2v) is 6.22. The first-order valence-electron chi connectivity index (χ1n) is 7.77. The summed E-state index contributed by atoms with van der Waals surface area (Å²) in [4.78, 5) is 23.5. The van der Waals surface area contributed by atoms with E-state index in [1.165, 1.54) is 6.92 Å². The molecule has 0 aromatic heterocycles. The van der Waals surface area contributed by atoms with Crippen LogP contribution in [0.4, 0.5) is 0 Å². The average Bonchev–Trinajstić information content (AvgIpc) is 2.57. The second-order valence-electron chi connectivity index (χ2n) is 5.79. The molecule has 0 saturated heterocycles. The zero-order chi connectivity index (χ0) is 17.5. The lowest BCUT2D eigenvalue weighted by Gasteiger charge is -2.19. The zero-order valence-corrected chi connectivity index (χ0v) is 14.2. The van der Waals surface area contributed by atoms with Crippen molar-refractivity contribution < 1.29 is 14.7 Å². The van der Waals surface area contributed by atoms with Gasteiger partial charge in [-0.05, 0) is 43.0 Å². The predicted octanol–water partition coefficient (Wildman–Crippen LogP) is 3.33. The van der Waals surface area contributed by atoms with Crippen LogP contribution in [0.5, 0.6) is 0 Å². The first kappa shape index (κ1) is 18.0. The second kappa shape index (κ2) is 8.50. The van der Waals surface area contributed by atoms with E-state index in [-0.39, 0.29) is 11.8 Å². The molecule has 0 bridgehead atoms. The maximum absolute atomic E-state index is 12.5. The van der Waals surface area contributed by atoms with Crippen molar-refractivity contribution in [3.8, 4) is 0 Å². The van der Waals surface area contributed by atoms with Gasteiger partial charge in [0.2, 0.25) is 5.91 Å². The van der Waals surface area contributed by atoms with Gasteiger partial charge in [-0.2, -0.15) is 0 Å². The summed E-state index contributed by atoms with van der Waals surface area (Å²) in [7, 11) is 0. The van der Waals surface area contributed by atoms with Crippen molar-refractivity contribution in [2.45, 2.75) is 25.8 Å². The molecule has 2 aromatic rings. The molecular weight excluding hydrogens is 326 g/mol. The molecule has 0 saturated carbocycles. The highest BCUT2D eigenvalue weighted by Gasteiger charge is 2.23. The minimum atomic E-state index is -1.05. The summed E-state index contributed by atoms with van der Waals surface area (Å²) < 4.78 is 0. The molecule has 2 aromatic carbocycles. The van der Waals surface area contributed by atoms with Gasteiger partial charge in [-0.1, -0.05) is 54.1 Å². The summed E-state index contributed by atoms with van der Waals surface area (Å²) in [5, 5.41) is 12.2. The van der Waals surface area contributed by atoms with E-state index < -0.39 is 12.0 Å². The molecule has 1 amide bonds. The van der Waals surface area contributed by atoms with Crippen molar-refractivity contribution in [1.29, 1.82) is 0 Å². The molecule has 2 atom stereocenters. The van der Waals surface area contributed by atoms with Crippen molar-refractivity contribution in [3.05, 3.63) is 70.7 Å². The minimum absolute atomic E-state index is 0.260. The molecule has 0 radical (unpaired) electrons. The smallest absolute Gasteiger partial charge is 0.325 e. The normalized spacial score (nSPS) is 13.1. The Balaban J connectivity index is 2.15. The quantitative estimate of drug-likeness (QED) is 0.808. The molecule has 5 heteroatoms. The Morgan fingerprint density at radius 1 is 1.00 bits per heavy atom. The van der Waals surface area contributed by atoms with Crippen LogP contribution in [0.3, 0.4) is 0 Å². The summed E-state index contributed by atoms with van der Waals surface area (Å²) >= 11 is 5.90. The van der Waals surface area contributed by atoms with Crippen molar-refractivity contribution in [3.63, 3.8) is 0 Å². The number of carboxylic acids is 1. The lowest BCUT2D eigenvalue weighted by Crippen LogP contribution is -2.42. The van der Waals surface area contributed by atoms with Crippen molar-refractivity contribution in [2.24, 2.45) is 5.92 Å². The number of amides is 1. The van der Waals surface area contributed by atoms with Crippen LogP contribution in [0.15, 0.2) is 54.6 Å². The average molecular weight is 346 g/mol. The number of benzene rings is 2. The van der Waals surface area contributed by atoms with Crippen molar-refractivity contribution >= 4 is 23.5 Å². The molecule has 0 heterocycles. The molecule has 0 aliphatic carbocycles. The van der Waals surface area contributed by atoms with Crippen molar-refractivity contribution in [1.82, 2.24) is 5.32 Å². The highest BCUT2D eigenvalue weighted by Crippen LogP contribution is 2.17. The number of hydrogen-bond acceptors (Lipinski definition) is 2. The fraction of sp³-hybridized carbons (Fsp3) is 0.263. The Morgan fingerprint density at radius 2 is 1.54 bits per heavy atom. The van der Waals surface area contributed by atoms with E-state index in [1.54, 1.807) is 12.1 Å². The van der Waals surface area contributed by atoms with E-state index in [4.69, 9.17) is 16.7 Å². The van der Waals surface area contributed by atoms with Crippen molar-refractivity contribution in [2.75, 3.05) is 0 Å². The van der Waals surface area contributed by atoms with Gasteiger partial charge in [0.05, 0.1) is 0 Å². The standard InChI is InChI=1S/C19H20ClNO3/c1-13(19(23)24)21-18(22)16(11-14-5-3-2-4-6-14)12-15-7-9-17(20)10-8-15/h2-10,13,16H,11-12H2,1H3,(H,21,22)(H,23,24)/t13-,16+/m1/s1. The first-order chi connectivity index (χ1) is 11.5. The summed E-state index contributed by atoms with van der Waals surface area (Å²) in [6.07, 6.45) is 1.06. The Hall–Kier alpha value is -2.33. The summed E-state index contributed by atoms with van der Waals surface area (Å²) in [5.74, 6) is -1.66. The van der Waals surface area contributed by atoms with E-state index >= 15 is 0 Å². The van der Waals surface area contributed by atoms with Crippen LogP contribution in [-0.4, -0.2) is 23.0 Å². The number of carbonyl (C=O) groups is 2. The Morgan fingerprint density at radius 3 is 2.08 bits per heavy atom. The number of carboxylic acid groups (broad SMARTS) is 1. The highest BCUT2D eigenvalue weighted by atomic mass is 35.5. The number of carbonyl (C=O) groups excluding carboxylic acids is 1. The Kier molecular flexibility index (Phi) is 6.38. The van der Waals surface area contributed by atoms with Gasteiger partial charge in [0.25, 0.3) is 0 Å². The Bertz CT molecular complexity index is 686. The third-order valence-corrected chi connectivity index (χ3v) is 4.07. The lowest BCUT2D eigenvalue weighted by atomic mass is 9.91. The summed E-state index contributed by atoms with van der Waals surface area (Å²) in [6, 6.07) is 16.1. The number of aliphatic carboxylic acids is 1. The SMILES string of the molecule is C[C@@H](NC(=O)[C@@H](Cc1ccccc1)Cc1ccc(Cl)cc1)C(=O)O. The molecular formula is C19H20ClNO3. The number of nitrogens with one attached hydrogen (secondary N) is 1. The highest BCUT2D eigenvalue weighted by molar-refractivity contribution is 6.30. The van der Waals surface area contributed by atoms with Crippen LogP contribution in [0, 0.1) is 5.92 Å². The fourth-order valence-electron chi connectivity index (χ4n) is 2.45. The van der Waals surface area contributed by atoms with Gasteiger partial charge in [-0.15, -0.1) is 0 Å². The molecule has 2 rings (SSSR count). The van der Waals surface area contributed by atoms with Gasteiger partial charge in [-0.3, -0.25) is 9.59 Å². The fourth-order valence-corrected chi connectivity index (χ4v) is 2.58. The monoisotopic (exact) mass is 345 g/mol. The van der Waals surface area contributed by atoms with Crippen LogP contribution in [-0.2, 0) is 22.4 Å². The van der Waals surface area contributed by atoms with Gasteiger partial charge in [0.15, 0.2) is 0 Å². The summed E-state index contributed by atoms with van der Waals surface area (Å²) in [5.41, 5.74) is 2.02. The number of hydrogen-bond donors (Lipinski definition) is 2. The predicted molar refractivity (Wildman–Crippen MR) is 94.0 cm³/mol. The van der Waals surface area contributed by atoms with Gasteiger partial charge in [-0.25, -0.2) is 0 Å². The molecule has 0 aliphatic rings. The molecule has 0 spiro atoms. The maximum Gasteiger partial charge on any atom is 0.325 e. The Labute approximate surface area is 146 Å². The van der Waals surface area contributed by atoms with E-state index in [0.29, 0.717) is 17.9 Å². The molecule has 0 unspecified atom stereocenters. The third kappa shape index (κ3) is 5.39. The van der Waals surface area contributed by atoms with Crippen LogP contribution in [0.25, 0.3) is 0 Å². The minimum Gasteiger partial charge on any atom is -0.480 e. The largest absolute Gasteiger partial charge is 0.480 e. The van der Waals surface area contributed by atoms with Gasteiger partial charge >= 0.3 is 5.97 Å². The van der Waals surface area contributed by atoms with Crippen LogP contribution >= 0.6 is 11.6 Å². The van der Waals surface area contributed by atoms with Gasteiger partial charge in [0.1, 0.15) is 6.04 Å². The van der Waals surface area contributed by atoms with Crippen LogP contribution < -0.4 is 5.32 Å². The van der Waals surface area contributed by atoms with Gasteiger partial charge in [0, 0.05) is 10.9 Å². The third-order valence-electron chi connectivity index (χ3n) is 3.82. The zero-order valence-electron chi connectivity index (χ0n) is 13.4. The van der Waals surface area contributed by atoms with Crippen LogP contribution in [0.2, 0.25) is 5.02 Å². The van der Waals surface area contributed by atoms with Crippen LogP contribution in [0.1, 0.15) is 18.1 Å². The first-order valence-corrected chi connectivity index (χ1v) is 8.15.